The number of amides is 1. The highest BCUT2D eigenvalue weighted by Gasteiger charge is 2.31. The molecule has 1 N–H and O–H groups in total. The molecule has 1 atom stereocenters. The maximum Gasteiger partial charge on any atom is 0.416 e. The van der Waals surface area contributed by atoms with Crippen LogP contribution in [0.2, 0.25) is 5.02 Å². The van der Waals surface area contributed by atoms with Crippen LogP contribution in [0.5, 0.6) is 0 Å². The van der Waals surface area contributed by atoms with Crippen LogP contribution in [0.15, 0.2) is 66.7 Å². The smallest absolute Gasteiger partial charge is 0.416 e. The first kappa shape index (κ1) is 26.9. The maximum absolute atomic E-state index is 13.2. The second-order valence-electron chi connectivity index (χ2n) is 8.18. The van der Waals surface area contributed by atoms with Gasteiger partial charge in [-0.3, -0.25) is 14.4 Å². The Hall–Kier alpha value is -3.65. The van der Waals surface area contributed by atoms with E-state index in [-0.39, 0.29) is 17.1 Å². The van der Waals surface area contributed by atoms with Crippen LogP contribution in [0.1, 0.15) is 51.6 Å². The van der Waals surface area contributed by atoms with E-state index >= 15 is 0 Å². The van der Waals surface area contributed by atoms with Crippen molar-refractivity contribution in [2.45, 2.75) is 39.0 Å². The van der Waals surface area contributed by atoms with Gasteiger partial charge in [-0.15, -0.1) is 0 Å². The third kappa shape index (κ3) is 6.95. The number of carbonyl (C=O) groups excluding carboxylic acids is 3. The average molecular weight is 518 g/mol. The fourth-order valence-electron chi connectivity index (χ4n) is 3.36. The number of nitrogens with one attached hydrogen (secondary N) is 1. The number of carbonyl (C=O) groups is 3. The molecule has 0 saturated carbocycles. The predicted molar refractivity (Wildman–Crippen MR) is 130 cm³/mol. The molecule has 0 bridgehead atoms. The molecule has 0 unspecified atom stereocenters. The lowest BCUT2D eigenvalue weighted by Crippen LogP contribution is -2.22. The Labute approximate surface area is 211 Å². The molecular formula is C27H23ClF3NO4. The summed E-state index contributed by atoms with van der Waals surface area (Å²) < 4.78 is 44.3. The van der Waals surface area contributed by atoms with Crippen LogP contribution in [0.25, 0.3) is 0 Å². The van der Waals surface area contributed by atoms with Gasteiger partial charge in [0, 0.05) is 17.5 Å². The Bertz CT molecular complexity index is 1280. The summed E-state index contributed by atoms with van der Waals surface area (Å²) in [6, 6.07) is 16.2. The molecule has 0 spiro atoms. The first-order chi connectivity index (χ1) is 17.0. The maximum atomic E-state index is 13.2. The topological polar surface area (TPSA) is 72.5 Å². The molecule has 0 saturated heterocycles. The van der Waals surface area contributed by atoms with Crippen molar-refractivity contribution in [1.82, 2.24) is 0 Å². The van der Waals surface area contributed by atoms with Crippen molar-refractivity contribution < 1.29 is 32.3 Å². The molecule has 0 aliphatic heterocycles. The number of alkyl halides is 3. The van der Waals surface area contributed by atoms with Gasteiger partial charge in [-0.2, -0.15) is 13.2 Å². The lowest BCUT2D eigenvalue weighted by atomic mass is 9.97. The lowest BCUT2D eigenvalue weighted by Gasteiger charge is -2.18. The highest BCUT2D eigenvalue weighted by molar-refractivity contribution is 6.33. The number of rotatable bonds is 8. The quantitative estimate of drug-likeness (QED) is 0.262. The van der Waals surface area contributed by atoms with Gasteiger partial charge in [0.2, 0.25) is 11.7 Å². The van der Waals surface area contributed by atoms with Gasteiger partial charge in [0.05, 0.1) is 22.7 Å². The fourth-order valence-corrected chi connectivity index (χ4v) is 3.53. The van der Waals surface area contributed by atoms with Crippen LogP contribution >= 0.6 is 11.6 Å². The summed E-state index contributed by atoms with van der Waals surface area (Å²) in [6.07, 6.45) is -6.61. The van der Waals surface area contributed by atoms with Gasteiger partial charge >= 0.3 is 12.1 Å². The Balaban J connectivity index is 1.69. The Morgan fingerprint density at radius 2 is 1.61 bits per heavy atom. The third-order valence-corrected chi connectivity index (χ3v) is 5.83. The number of anilines is 1. The molecule has 0 radical (unpaired) electrons. The summed E-state index contributed by atoms with van der Waals surface area (Å²) in [5, 5.41) is 2.20. The number of benzene rings is 3. The molecular weight excluding hydrogens is 495 g/mol. The number of hydrogen-bond donors (Lipinski definition) is 1. The van der Waals surface area contributed by atoms with E-state index in [0.29, 0.717) is 17.2 Å². The summed E-state index contributed by atoms with van der Waals surface area (Å²) >= 11 is 5.89. The molecule has 3 aromatic rings. The molecule has 9 heteroatoms. The van der Waals surface area contributed by atoms with Gasteiger partial charge in [-0.25, -0.2) is 0 Å². The SMILES string of the molecule is Cc1ccc(C(=O)[C@@H](OC(=O)CCC(=O)Nc2cc(C(F)(F)F)ccc2Cl)c2ccccc2)cc1C. The summed E-state index contributed by atoms with van der Waals surface area (Å²) in [5.74, 6) is -1.96. The van der Waals surface area contributed by atoms with Gasteiger partial charge in [-0.1, -0.05) is 54.1 Å². The Morgan fingerprint density at radius 3 is 2.25 bits per heavy atom. The van der Waals surface area contributed by atoms with E-state index in [4.69, 9.17) is 16.3 Å². The highest BCUT2D eigenvalue weighted by Crippen LogP contribution is 2.34. The van der Waals surface area contributed by atoms with Crippen molar-refractivity contribution in [3.05, 3.63) is 99.6 Å². The normalized spacial score (nSPS) is 12.1. The number of Topliss-reactive ketones (excluding diaryl/α,β-unsaturated/α-hetero) is 1. The number of halogens is 4. The van der Waals surface area contributed by atoms with E-state index in [2.05, 4.69) is 5.32 Å². The van der Waals surface area contributed by atoms with Gasteiger partial charge in [0.15, 0.2) is 6.10 Å². The summed E-state index contributed by atoms with van der Waals surface area (Å²) in [5.41, 5.74) is 1.55. The monoisotopic (exact) mass is 517 g/mol. The number of aryl methyl sites for hydroxylation is 2. The van der Waals surface area contributed by atoms with Crippen LogP contribution in [0.3, 0.4) is 0 Å². The van der Waals surface area contributed by atoms with E-state index in [0.717, 1.165) is 23.3 Å². The molecule has 0 aliphatic carbocycles. The number of hydrogen-bond acceptors (Lipinski definition) is 4. The van der Waals surface area contributed by atoms with E-state index in [9.17, 15) is 27.6 Å². The predicted octanol–water partition coefficient (Wildman–Crippen LogP) is 6.86. The van der Waals surface area contributed by atoms with Gasteiger partial charge < -0.3 is 10.1 Å². The second kappa shape index (κ2) is 11.4. The first-order valence-electron chi connectivity index (χ1n) is 11.0. The largest absolute Gasteiger partial charge is 0.449 e. The van der Waals surface area contributed by atoms with Crippen LogP contribution in [0, 0.1) is 13.8 Å². The van der Waals surface area contributed by atoms with Crippen molar-refractivity contribution in [2.75, 3.05) is 5.32 Å². The summed E-state index contributed by atoms with van der Waals surface area (Å²) in [7, 11) is 0. The van der Waals surface area contributed by atoms with Gasteiger partial charge in [0.25, 0.3) is 0 Å². The van der Waals surface area contributed by atoms with Gasteiger partial charge in [0.1, 0.15) is 0 Å². The molecule has 36 heavy (non-hydrogen) atoms. The van der Waals surface area contributed by atoms with Crippen molar-refractivity contribution in [2.24, 2.45) is 0 Å². The fraction of sp³-hybridized carbons (Fsp3) is 0.222. The van der Waals surface area contributed by atoms with Crippen molar-refractivity contribution >= 4 is 34.9 Å². The molecule has 0 fully saturated rings. The minimum Gasteiger partial charge on any atom is -0.449 e. The van der Waals surface area contributed by atoms with E-state index in [1.54, 1.807) is 48.5 Å². The average Bonchev–Trinajstić information content (AvgIpc) is 2.83. The lowest BCUT2D eigenvalue weighted by molar-refractivity contribution is -0.148. The molecule has 0 aliphatic rings. The number of esters is 1. The first-order valence-corrected chi connectivity index (χ1v) is 11.4. The molecule has 3 aromatic carbocycles. The molecule has 5 nitrogen and oxygen atoms in total. The second-order valence-corrected chi connectivity index (χ2v) is 8.59. The Morgan fingerprint density at radius 1 is 0.917 bits per heavy atom. The summed E-state index contributed by atoms with van der Waals surface area (Å²) in [6.45, 7) is 3.78. The standard InChI is InChI=1S/C27H23ClF3NO4/c1-16-8-9-19(14-17(16)2)25(35)26(18-6-4-3-5-7-18)36-24(34)13-12-23(33)32-22-15-20(27(29,30)31)10-11-21(22)28/h3-11,14-15,26H,12-13H2,1-2H3,(H,32,33)/t26-/m0/s1. The van der Waals surface area contributed by atoms with E-state index < -0.39 is 41.9 Å². The number of ether oxygens (including phenoxy) is 1. The molecule has 1 amide bonds. The van der Waals surface area contributed by atoms with Gasteiger partial charge in [-0.05, 0) is 49.2 Å². The van der Waals surface area contributed by atoms with Crippen LogP contribution in [-0.4, -0.2) is 17.7 Å². The highest BCUT2D eigenvalue weighted by atomic mass is 35.5. The zero-order valence-electron chi connectivity index (χ0n) is 19.5. The van der Waals surface area contributed by atoms with Crippen LogP contribution in [-0.2, 0) is 20.5 Å². The van der Waals surface area contributed by atoms with E-state index in [1.807, 2.05) is 13.8 Å². The summed E-state index contributed by atoms with van der Waals surface area (Å²) in [4.78, 5) is 38.1. The zero-order chi connectivity index (χ0) is 26.5. The zero-order valence-corrected chi connectivity index (χ0v) is 20.2. The third-order valence-electron chi connectivity index (χ3n) is 5.51. The minimum atomic E-state index is -4.61. The number of ketones is 1. The van der Waals surface area contributed by atoms with Crippen LogP contribution in [0.4, 0.5) is 18.9 Å². The van der Waals surface area contributed by atoms with Crippen LogP contribution < -0.4 is 5.32 Å². The van der Waals surface area contributed by atoms with Crippen molar-refractivity contribution in [1.29, 1.82) is 0 Å². The molecule has 3 rings (SSSR count). The Kier molecular flexibility index (Phi) is 8.53. The van der Waals surface area contributed by atoms with Crippen molar-refractivity contribution in [3.63, 3.8) is 0 Å². The molecule has 188 valence electrons. The van der Waals surface area contributed by atoms with Crippen molar-refractivity contribution in [3.8, 4) is 0 Å². The molecule has 0 aromatic heterocycles. The minimum absolute atomic E-state index is 0.0814. The van der Waals surface area contributed by atoms with E-state index in [1.165, 1.54) is 0 Å². The molecule has 0 heterocycles.